The van der Waals surface area contributed by atoms with Crippen molar-refractivity contribution in [2.45, 2.75) is 56.3 Å². The topological polar surface area (TPSA) is 126 Å². The molecule has 2 fully saturated rings. The van der Waals surface area contributed by atoms with Crippen molar-refractivity contribution in [2.24, 2.45) is 0 Å². The summed E-state index contributed by atoms with van der Waals surface area (Å²) in [7, 11) is 0. The zero-order valence-corrected chi connectivity index (χ0v) is 24.1. The SMILES string of the molecule is O=C(Cc1ccccc1)Nc1nnc([C@H]2CCC[C@H](c3nnc(NC(=O)Cc4cccc(N5CC(F)(F)C5)n4)s3)C2)s1. The molecular weight excluding hydrogens is 582 g/mol. The zero-order chi connectivity index (χ0) is 29.1. The first-order valence-corrected chi connectivity index (χ1v) is 15.3. The van der Waals surface area contributed by atoms with Gasteiger partial charge in [0.15, 0.2) is 0 Å². The second-order valence-electron chi connectivity index (χ2n) is 10.6. The van der Waals surface area contributed by atoms with Gasteiger partial charge in [-0.25, -0.2) is 13.8 Å². The van der Waals surface area contributed by atoms with Gasteiger partial charge in [0.1, 0.15) is 15.8 Å². The number of pyridine rings is 1. The average molecular weight is 611 g/mol. The molecule has 14 heteroatoms. The van der Waals surface area contributed by atoms with Gasteiger partial charge in [0.25, 0.3) is 5.92 Å². The highest BCUT2D eigenvalue weighted by molar-refractivity contribution is 7.15. The van der Waals surface area contributed by atoms with Gasteiger partial charge in [0.2, 0.25) is 22.1 Å². The van der Waals surface area contributed by atoms with E-state index in [1.165, 1.54) is 27.6 Å². The van der Waals surface area contributed by atoms with E-state index < -0.39 is 5.92 Å². The Morgan fingerprint density at radius 3 is 2.07 bits per heavy atom. The van der Waals surface area contributed by atoms with Crippen molar-refractivity contribution in [2.75, 3.05) is 28.6 Å². The smallest absolute Gasteiger partial charge is 0.282 e. The Labute approximate surface area is 248 Å². The maximum atomic E-state index is 13.2. The van der Waals surface area contributed by atoms with Crippen LogP contribution >= 0.6 is 22.7 Å². The summed E-state index contributed by atoms with van der Waals surface area (Å²) in [6, 6.07) is 14.6. The summed E-state index contributed by atoms with van der Waals surface area (Å²) in [6.45, 7) is -0.729. The number of nitrogens with zero attached hydrogens (tertiary/aromatic N) is 6. The summed E-state index contributed by atoms with van der Waals surface area (Å²) in [6.07, 6.45) is 4.05. The van der Waals surface area contributed by atoms with Crippen LogP contribution in [-0.2, 0) is 22.4 Å². The Kier molecular flexibility index (Phi) is 8.16. The van der Waals surface area contributed by atoms with Crippen molar-refractivity contribution < 1.29 is 18.4 Å². The van der Waals surface area contributed by atoms with Crippen molar-refractivity contribution in [1.82, 2.24) is 25.4 Å². The predicted molar refractivity (Wildman–Crippen MR) is 156 cm³/mol. The van der Waals surface area contributed by atoms with Crippen LogP contribution in [0.25, 0.3) is 0 Å². The second kappa shape index (κ2) is 12.1. The van der Waals surface area contributed by atoms with Crippen LogP contribution in [0.2, 0.25) is 0 Å². The fourth-order valence-electron chi connectivity index (χ4n) is 5.23. The lowest BCUT2D eigenvalue weighted by atomic mass is 9.82. The number of hydrogen-bond donors (Lipinski definition) is 2. The van der Waals surface area contributed by atoms with Gasteiger partial charge >= 0.3 is 0 Å². The number of nitrogens with one attached hydrogen (secondary N) is 2. The molecule has 6 rings (SSSR count). The van der Waals surface area contributed by atoms with E-state index in [0.29, 0.717) is 21.8 Å². The monoisotopic (exact) mass is 610 g/mol. The highest BCUT2D eigenvalue weighted by Gasteiger charge is 2.44. The number of amides is 2. The van der Waals surface area contributed by atoms with E-state index in [1.807, 2.05) is 30.3 Å². The summed E-state index contributed by atoms with van der Waals surface area (Å²) in [5.41, 5.74) is 1.43. The fraction of sp³-hybridized carbons (Fsp3) is 0.393. The van der Waals surface area contributed by atoms with Crippen LogP contribution < -0.4 is 15.5 Å². The lowest BCUT2D eigenvalue weighted by Gasteiger charge is -2.39. The molecule has 218 valence electrons. The first-order valence-electron chi connectivity index (χ1n) is 13.7. The number of hydrogen-bond acceptors (Lipinski definition) is 10. The minimum atomic E-state index is -2.69. The van der Waals surface area contributed by atoms with Gasteiger partial charge < -0.3 is 15.5 Å². The lowest BCUT2D eigenvalue weighted by molar-refractivity contribution is -0.116. The number of aromatic nitrogens is 5. The van der Waals surface area contributed by atoms with Gasteiger partial charge in [-0.05, 0) is 37.0 Å². The van der Waals surface area contributed by atoms with Crippen molar-refractivity contribution >= 4 is 50.6 Å². The molecular formula is C28H28F2N8O2S2. The maximum absolute atomic E-state index is 13.2. The van der Waals surface area contributed by atoms with Crippen LogP contribution in [0.15, 0.2) is 48.5 Å². The molecule has 1 aliphatic heterocycles. The van der Waals surface area contributed by atoms with Crippen molar-refractivity contribution in [3.63, 3.8) is 0 Å². The third-order valence-corrected chi connectivity index (χ3v) is 9.26. The third-order valence-electron chi connectivity index (χ3n) is 7.26. The number of benzene rings is 1. The summed E-state index contributed by atoms with van der Waals surface area (Å²) >= 11 is 2.76. The van der Waals surface area contributed by atoms with Gasteiger partial charge in [-0.3, -0.25) is 9.59 Å². The predicted octanol–water partition coefficient (Wildman–Crippen LogP) is 5.04. The van der Waals surface area contributed by atoms with E-state index >= 15 is 0 Å². The molecule has 3 aromatic heterocycles. The molecule has 0 bridgehead atoms. The maximum Gasteiger partial charge on any atom is 0.282 e. The van der Waals surface area contributed by atoms with Gasteiger partial charge in [0, 0.05) is 11.8 Å². The molecule has 10 nitrogen and oxygen atoms in total. The highest BCUT2D eigenvalue weighted by Crippen LogP contribution is 2.43. The summed E-state index contributed by atoms with van der Waals surface area (Å²) < 4.78 is 26.4. The molecule has 42 heavy (non-hydrogen) atoms. The Morgan fingerprint density at radius 1 is 0.833 bits per heavy atom. The molecule has 0 radical (unpaired) electrons. The molecule has 1 saturated carbocycles. The molecule has 2 aliphatic rings. The van der Waals surface area contributed by atoms with Crippen molar-refractivity contribution in [3.05, 3.63) is 69.8 Å². The normalized spacial score (nSPS) is 19.6. The summed E-state index contributed by atoms with van der Waals surface area (Å²) in [5.74, 6) is -2.30. The molecule has 4 heterocycles. The largest absolute Gasteiger partial charge is 0.344 e. The summed E-state index contributed by atoms with van der Waals surface area (Å²) in [4.78, 5) is 30.9. The van der Waals surface area contributed by atoms with Gasteiger partial charge in [-0.15, -0.1) is 20.4 Å². The average Bonchev–Trinajstić information content (AvgIpc) is 3.62. The van der Waals surface area contributed by atoms with Crippen LogP contribution in [-0.4, -0.2) is 56.2 Å². The minimum absolute atomic E-state index is 0.000242. The molecule has 2 amide bonds. The first kappa shape index (κ1) is 28.2. The Bertz CT molecular complexity index is 1560. The Balaban J connectivity index is 1.01. The first-order chi connectivity index (χ1) is 20.3. The quantitative estimate of drug-likeness (QED) is 0.270. The van der Waals surface area contributed by atoms with E-state index in [0.717, 1.165) is 41.3 Å². The minimum Gasteiger partial charge on any atom is -0.344 e. The number of halogens is 2. The Hall–Kier alpha value is -3.91. The molecule has 1 saturated heterocycles. The second-order valence-corrected chi connectivity index (χ2v) is 12.6. The molecule has 0 spiro atoms. The molecule has 1 aliphatic carbocycles. The standard InChI is InChI=1S/C28H28F2N8O2S2/c29-28(30)15-38(16-28)21-11-5-10-20(31-21)14-23(40)33-27-37-35-25(42-27)19-9-4-8-18(13-19)24-34-36-26(41-24)32-22(39)12-17-6-2-1-3-7-17/h1-3,5-7,10-11,18-19H,4,8-9,12-16H2,(H,32,36,39)(H,33,37,40)/t18-,19-/m0/s1. The molecule has 0 unspecified atom stereocenters. The van der Waals surface area contributed by atoms with E-state index in [2.05, 4.69) is 36.0 Å². The summed E-state index contributed by atoms with van der Waals surface area (Å²) in [5, 5.41) is 25.4. The number of carbonyl (C=O) groups is 2. The van der Waals surface area contributed by atoms with Crippen LogP contribution in [0.3, 0.4) is 0 Å². The molecule has 4 aromatic rings. The highest BCUT2D eigenvalue weighted by atomic mass is 32.1. The van der Waals surface area contributed by atoms with E-state index in [1.54, 1.807) is 18.2 Å². The van der Waals surface area contributed by atoms with E-state index in [-0.39, 0.29) is 49.6 Å². The number of rotatable bonds is 9. The van der Waals surface area contributed by atoms with Crippen molar-refractivity contribution in [1.29, 1.82) is 0 Å². The van der Waals surface area contributed by atoms with Crippen LogP contribution in [0.5, 0.6) is 0 Å². The van der Waals surface area contributed by atoms with Gasteiger partial charge in [-0.2, -0.15) is 0 Å². The zero-order valence-electron chi connectivity index (χ0n) is 22.5. The van der Waals surface area contributed by atoms with Crippen LogP contribution in [0, 0.1) is 0 Å². The lowest BCUT2D eigenvalue weighted by Crippen LogP contribution is -2.56. The van der Waals surface area contributed by atoms with Crippen molar-refractivity contribution in [3.8, 4) is 0 Å². The van der Waals surface area contributed by atoms with Crippen LogP contribution in [0.1, 0.15) is 58.8 Å². The van der Waals surface area contributed by atoms with E-state index in [9.17, 15) is 18.4 Å². The third kappa shape index (κ3) is 6.93. The molecule has 2 N–H and O–H groups in total. The van der Waals surface area contributed by atoms with Gasteiger partial charge in [0.05, 0.1) is 31.6 Å². The fourth-order valence-corrected chi connectivity index (χ4v) is 7.04. The number of anilines is 3. The number of alkyl halides is 2. The Morgan fingerprint density at radius 2 is 1.45 bits per heavy atom. The van der Waals surface area contributed by atoms with Gasteiger partial charge in [-0.1, -0.05) is 65.5 Å². The van der Waals surface area contributed by atoms with Crippen LogP contribution in [0.4, 0.5) is 24.9 Å². The number of carbonyl (C=O) groups excluding carboxylic acids is 2. The molecule has 2 atom stereocenters. The molecule has 1 aromatic carbocycles. The van der Waals surface area contributed by atoms with E-state index in [4.69, 9.17) is 0 Å².